The van der Waals surface area contributed by atoms with Gasteiger partial charge < -0.3 is 14.5 Å². The highest BCUT2D eigenvalue weighted by molar-refractivity contribution is 5.95. The smallest absolute Gasteiger partial charge is 0.330 e. The van der Waals surface area contributed by atoms with E-state index in [1.165, 1.54) is 25.3 Å². The number of esters is 1. The van der Waals surface area contributed by atoms with Gasteiger partial charge >= 0.3 is 5.97 Å². The minimum Gasteiger partial charge on any atom is -0.466 e. The Labute approximate surface area is 220 Å². The fourth-order valence-corrected chi connectivity index (χ4v) is 4.83. The van der Waals surface area contributed by atoms with E-state index < -0.39 is 5.97 Å². The van der Waals surface area contributed by atoms with Crippen LogP contribution in [0.25, 0.3) is 17.2 Å². The molecule has 1 aliphatic rings. The first-order valence-electron chi connectivity index (χ1n) is 13.0. The van der Waals surface area contributed by atoms with Crippen LogP contribution in [0.1, 0.15) is 43.2 Å². The van der Waals surface area contributed by atoms with Crippen LogP contribution in [0.4, 0.5) is 11.4 Å². The van der Waals surface area contributed by atoms with Crippen molar-refractivity contribution < 1.29 is 14.3 Å². The topological polar surface area (TPSA) is 49.9 Å². The molecule has 1 fully saturated rings. The van der Waals surface area contributed by atoms with Crippen molar-refractivity contribution in [2.45, 2.75) is 38.6 Å². The van der Waals surface area contributed by atoms with Gasteiger partial charge in [0.15, 0.2) is 0 Å². The van der Waals surface area contributed by atoms with Gasteiger partial charge in [0.05, 0.1) is 13.7 Å². The first-order chi connectivity index (χ1) is 17.9. The Bertz CT molecular complexity index is 1220. The zero-order valence-electron chi connectivity index (χ0n) is 22.0. The van der Waals surface area contributed by atoms with Crippen LogP contribution in [0.3, 0.4) is 0 Å². The number of rotatable bonds is 8. The molecule has 3 aromatic carbocycles. The Kier molecular flexibility index (Phi) is 8.78. The first-order valence-corrected chi connectivity index (χ1v) is 13.0. The number of hydrogen-bond donors (Lipinski definition) is 0. The van der Waals surface area contributed by atoms with Crippen LogP contribution in [0.15, 0.2) is 78.9 Å². The van der Waals surface area contributed by atoms with Crippen LogP contribution in [-0.2, 0) is 20.9 Å². The standard InChI is InChI=1S/C32H36N2O3/c1-33(2)29-19-17-27(18-20-29)26-15-12-25(13-16-26)23-34(32(36)28-9-5-4-6-10-28)30-11-7-8-24(22-30)14-21-31(35)37-3/h7-8,11-22,28H,4-6,9-10,23H2,1-3H3/b21-14+. The molecule has 0 bridgehead atoms. The molecule has 0 spiro atoms. The maximum Gasteiger partial charge on any atom is 0.330 e. The van der Waals surface area contributed by atoms with Crippen LogP contribution in [0.5, 0.6) is 0 Å². The van der Waals surface area contributed by atoms with E-state index in [1.54, 1.807) is 6.08 Å². The summed E-state index contributed by atoms with van der Waals surface area (Å²) < 4.78 is 4.71. The Morgan fingerprint density at radius 3 is 2.14 bits per heavy atom. The number of hydrogen-bond acceptors (Lipinski definition) is 4. The maximum absolute atomic E-state index is 13.7. The zero-order chi connectivity index (χ0) is 26.2. The Morgan fingerprint density at radius 1 is 0.865 bits per heavy atom. The molecule has 0 heterocycles. The van der Waals surface area contributed by atoms with E-state index in [4.69, 9.17) is 4.74 Å². The molecule has 1 aliphatic carbocycles. The van der Waals surface area contributed by atoms with Crippen molar-refractivity contribution in [1.29, 1.82) is 0 Å². The quantitative estimate of drug-likeness (QED) is 0.257. The van der Waals surface area contributed by atoms with Gasteiger partial charge in [0.2, 0.25) is 5.91 Å². The maximum atomic E-state index is 13.7. The van der Waals surface area contributed by atoms with Crippen molar-refractivity contribution in [3.63, 3.8) is 0 Å². The van der Waals surface area contributed by atoms with E-state index in [0.29, 0.717) is 6.54 Å². The molecule has 4 rings (SSSR count). The third-order valence-electron chi connectivity index (χ3n) is 7.03. The highest BCUT2D eigenvalue weighted by Gasteiger charge is 2.27. The lowest BCUT2D eigenvalue weighted by Gasteiger charge is -2.30. The highest BCUT2D eigenvalue weighted by Crippen LogP contribution is 2.30. The van der Waals surface area contributed by atoms with Gasteiger partial charge in [0.25, 0.3) is 0 Å². The number of benzene rings is 3. The number of amides is 1. The lowest BCUT2D eigenvalue weighted by Crippen LogP contribution is -2.36. The minimum atomic E-state index is -0.406. The number of anilines is 2. The summed E-state index contributed by atoms with van der Waals surface area (Å²) in [5.74, 6) is -0.174. The number of carbonyl (C=O) groups excluding carboxylic acids is 2. The number of nitrogens with zero attached hydrogens (tertiary/aromatic N) is 2. The van der Waals surface area contributed by atoms with Crippen molar-refractivity contribution >= 4 is 29.3 Å². The van der Waals surface area contributed by atoms with Crippen molar-refractivity contribution in [2.24, 2.45) is 5.92 Å². The summed E-state index contributed by atoms with van der Waals surface area (Å²) in [6, 6.07) is 24.7. The van der Waals surface area contributed by atoms with Crippen LogP contribution in [0, 0.1) is 5.92 Å². The van der Waals surface area contributed by atoms with Crippen LogP contribution >= 0.6 is 0 Å². The molecule has 1 saturated carbocycles. The van der Waals surface area contributed by atoms with E-state index in [2.05, 4.69) is 53.4 Å². The average molecular weight is 497 g/mol. The molecule has 1 amide bonds. The summed E-state index contributed by atoms with van der Waals surface area (Å²) in [5.41, 5.74) is 6.24. The Morgan fingerprint density at radius 2 is 1.51 bits per heavy atom. The largest absolute Gasteiger partial charge is 0.466 e. The molecule has 0 radical (unpaired) electrons. The zero-order valence-corrected chi connectivity index (χ0v) is 22.0. The van der Waals surface area contributed by atoms with Gasteiger partial charge in [-0.15, -0.1) is 0 Å². The summed E-state index contributed by atoms with van der Waals surface area (Å²) in [5, 5.41) is 0. The van der Waals surface area contributed by atoms with Gasteiger partial charge in [0.1, 0.15) is 0 Å². The van der Waals surface area contributed by atoms with Gasteiger partial charge in [-0.25, -0.2) is 4.79 Å². The molecular formula is C32H36N2O3. The lowest BCUT2D eigenvalue weighted by atomic mass is 9.88. The molecular weight excluding hydrogens is 460 g/mol. The molecule has 5 nitrogen and oxygen atoms in total. The highest BCUT2D eigenvalue weighted by atomic mass is 16.5. The molecule has 3 aromatic rings. The molecule has 0 N–H and O–H groups in total. The van der Waals surface area contributed by atoms with Crippen LogP contribution < -0.4 is 9.80 Å². The van der Waals surface area contributed by atoms with E-state index in [0.717, 1.165) is 53.6 Å². The molecule has 192 valence electrons. The fourth-order valence-electron chi connectivity index (χ4n) is 4.83. The minimum absolute atomic E-state index is 0.0532. The van der Waals surface area contributed by atoms with Gasteiger partial charge in [-0.3, -0.25) is 4.79 Å². The first kappa shape index (κ1) is 26.2. The van der Waals surface area contributed by atoms with Crippen LogP contribution in [0.2, 0.25) is 0 Å². The second-order valence-corrected chi connectivity index (χ2v) is 9.85. The summed E-state index contributed by atoms with van der Waals surface area (Å²) in [6.07, 6.45) is 8.42. The van der Waals surface area contributed by atoms with E-state index in [-0.39, 0.29) is 11.8 Å². The molecule has 0 saturated heterocycles. The molecule has 5 heteroatoms. The molecule has 37 heavy (non-hydrogen) atoms. The van der Waals surface area contributed by atoms with Gasteiger partial charge in [-0.05, 0) is 65.4 Å². The van der Waals surface area contributed by atoms with E-state index >= 15 is 0 Å². The van der Waals surface area contributed by atoms with Crippen molar-refractivity contribution in [3.8, 4) is 11.1 Å². The summed E-state index contributed by atoms with van der Waals surface area (Å²) in [7, 11) is 5.43. The predicted octanol–water partition coefficient (Wildman–Crippen LogP) is 6.72. The van der Waals surface area contributed by atoms with Gasteiger partial charge in [-0.2, -0.15) is 0 Å². The van der Waals surface area contributed by atoms with Crippen LogP contribution in [-0.4, -0.2) is 33.1 Å². The second-order valence-electron chi connectivity index (χ2n) is 9.85. The molecule has 0 aliphatic heterocycles. The van der Waals surface area contributed by atoms with Gasteiger partial charge in [-0.1, -0.05) is 67.8 Å². The molecule has 0 unspecified atom stereocenters. The van der Waals surface area contributed by atoms with Crippen molar-refractivity contribution in [2.75, 3.05) is 31.0 Å². The average Bonchev–Trinajstić information content (AvgIpc) is 2.95. The van der Waals surface area contributed by atoms with E-state index in [9.17, 15) is 9.59 Å². The predicted molar refractivity (Wildman–Crippen MR) is 151 cm³/mol. The number of carbonyl (C=O) groups is 2. The molecule has 0 aromatic heterocycles. The summed E-state index contributed by atoms with van der Waals surface area (Å²) in [4.78, 5) is 29.3. The lowest BCUT2D eigenvalue weighted by molar-refractivity contribution is -0.134. The number of methoxy groups -OCH3 is 1. The third-order valence-corrected chi connectivity index (χ3v) is 7.03. The second kappa shape index (κ2) is 12.4. The Balaban J connectivity index is 1.58. The Hall–Kier alpha value is -3.86. The number of ether oxygens (including phenoxy) is 1. The molecule has 0 atom stereocenters. The van der Waals surface area contributed by atoms with Crippen molar-refractivity contribution in [1.82, 2.24) is 0 Å². The van der Waals surface area contributed by atoms with Gasteiger partial charge in [0, 0.05) is 37.5 Å². The monoisotopic (exact) mass is 496 g/mol. The summed E-state index contributed by atoms with van der Waals surface area (Å²) in [6.45, 7) is 0.499. The normalized spacial score (nSPS) is 13.9. The third kappa shape index (κ3) is 6.88. The SMILES string of the molecule is COC(=O)/C=C/c1cccc(N(Cc2ccc(-c3ccc(N(C)C)cc3)cc2)C(=O)C2CCCCC2)c1. The van der Waals surface area contributed by atoms with E-state index in [1.807, 2.05) is 43.3 Å². The fraction of sp³-hybridized carbons (Fsp3) is 0.312. The summed E-state index contributed by atoms with van der Waals surface area (Å²) >= 11 is 0. The van der Waals surface area contributed by atoms with Crippen molar-refractivity contribution in [3.05, 3.63) is 90.0 Å².